The number of nitrogens with zero attached hydrogens (tertiary/aromatic N) is 1. The van der Waals surface area contributed by atoms with E-state index in [2.05, 4.69) is 19.9 Å². The Labute approximate surface area is 150 Å². The van der Waals surface area contributed by atoms with Crippen molar-refractivity contribution in [3.8, 4) is 0 Å². The Morgan fingerprint density at radius 1 is 1.21 bits per heavy atom. The maximum Gasteiger partial charge on any atom is 0.289 e. The summed E-state index contributed by atoms with van der Waals surface area (Å²) < 4.78 is 5.93. The van der Waals surface area contributed by atoms with Crippen LogP contribution in [-0.4, -0.2) is 30.4 Å². The van der Waals surface area contributed by atoms with E-state index in [0.717, 1.165) is 34.1 Å². The molecule has 1 aromatic carbocycles. The van der Waals surface area contributed by atoms with Crippen molar-refractivity contribution in [1.29, 1.82) is 0 Å². The van der Waals surface area contributed by atoms with Gasteiger partial charge in [-0.1, -0.05) is 26.0 Å². The van der Waals surface area contributed by atoms with Crippen LogP contribution < -0.4 is 5.73 Å². The molecule has 0 fully saturated rings. The van der Waals surface area contributed by atoms with Gasteiger partial charge in [-0.05, 0) is 44.2 Å². The van der Waals surface area contributed by atoms with Crippen LogP contribution in [0.2, 0.25) is 0 Å². The lowest BCUT2D eigenvalue weighted by molar-refractivity contribution is 0.0759. The first kappa shape index (κ1) is 20.5. The molecule has 1 unspecified atom stereocenters. The lowest BCUT2D eigenvalue weighted by Crippen LogP contribution is -2.34. The molecule has 0 aliphatic carbocycles. The van der Waals surface area contributed by atoms with Gasteiger partial charge in [0.25, 0.3) is 5.91 Å². The normalized spacial score (nSPS) is 12.3. The molecule has 134 valence electrons. The van der Waals surface area contributed by atoms with Crippen LogP contribution in [0.4, 0.5) is 0 Å². The number of amides is 1. The van der Waals surface area contributed by atoms with Crippen LogP contribution in [0.3, 0.4) is 0 Å². The number of fused-ring (bicyclic) bond motifs is 1. The van der Waals surface area contributed by atoms with Crippen LogP contribution in [0.15, 0.2) is 16.5 Å². The molecule has 1 aromatic heterocycles. The Hall–Kier alpha value is -1.52. The zero-order valence-corrected chi connectivity index (χ0v) is 16.3. The largest absolute Gasteiger partial charge is 0.450 e. The number of carbonyl (C=O) groups is 1. The molecular weight excluding hydrogens is 324 g/mol. The molecule has 0 aliphatic rings. The molecular formula is C19H29ClN2O2. The number of aryl methyl sites for hydroxylation is 3. The van der Waals surface area contributed by atoms with Crippen LogP contribution >= 0.6 is 12.4 Å². The molecule has 1 heterocycles. The van der Waals surface area contributed by atoms with Gasteiger partial charge in [-0.3, -0.25) is 4.79 Å². The van der Waals surface area contributed by atoms with E-state index in [4.69, 9.17) is 10.2 Å². The minimum absolute atomic E-state index is 0. The summed E-state index contributed by atoms with van der Waals surface area (Å²) in [4.78, 5) is 14.4. The minimum atomic E-state index is -0.0755. The topological polar surface area (TPSA) is 59.5 Å². The molecule has 2 aromatic rings. The maximum absolute atomic E-state index is 12.7. The number of nitrogens with two attached hydrogens (primary N) is 1. The molecule has 0 saturated heterocycles. The monoisotopic (exact) mass is 352 g/mol. The van der Waals surface area contributed by atoms with E-state index in [1.54, 1.807) is 4.90 Å². The van der Waals surface area contributed by atoms with Gasteiger partial charge in [-0.15, -0.1) is 12.4 Å². The van der Waals surface area contributed by atoms with Gasteiger partial charge in [0.2, 0.25) is 0 Å². The Morgan fingerprint density at radius 3 is 2.33 bits per heavy atom. The molecule has 0 radical (unpaired) electrons. The second kappa shape index (κ2) is 8.04. The highest BCUT2D eigenvalue weighted by atomic mass is 35.5. The smallest absolute Gasteiger partial charge is 0.289 e. The van der Waals surface area contributed by atoms with Crippen molar-refractivity contribution < 1.29 is 9.21 Å². The summed E-state index contributed by atoms with van der Waals surface area (Å²) in [6.45, 7) is 10.8. The number of hydrogen-bond donors (Lipinski definition) is 1. The fourth-order valence-corrected chi connectivity index (χ4v) is 2.83. The minimum Gasteiger partial charge on any atom is -0.450 e. The van der Waals surface area contributed by atoms with Gasteiger partial charge < -0.3 is 15.1 Å². The zero-order valence-electron chi connectivity index (χ0n) is 15.5. The van der Waals surface area contributed by atoms with Gasteiger partial charge in [-0.25, -0.2) is 0 Å². The van der Waals surface area contributed by atoms with Crippen LogP contribution in [0.5, 0.6) is 0 Å². The number of benzene rings is 1. The quantitative estimate of drug-likeness (QED) is 0.876. The highest BCUT2D eigenvalue weighted by molar-refractivity contribution is 6.00. The van der Waals surface area contributed by atoms with E-state index in [-0.39, 0.29) is 24.4 Å². The summed E-state index contributed by atoms with van der Waals surface area (Å²) >= 11 is 0. The first-order valence-corrected chi connectivity index (χ1v) is 8.24. The van der Waals surface area contributed by atoms with Gasteiger partial charge in [0.05, 0.1) is 0 Å². The third-order valence-electron chi connectivity index (χ3n) is 4.68. The molecule has 1 amide bonds. The predicted octanol–water partition coefficient (Wildman–Crippen LogP) is 4.23. The van der Waals surface area contributed by atoms with Crippen LogP contribution in [0, 0.1) is 26.7 Å². The van der Waals surface area contributed by atoms with Gasteiger partial charge in [0.1, 0.15) is 5.58 Å². The summed E-state index contributed by atoms with van der Waals surface area (Å²) in [6, 6.07) is 4.20. The Balaban J connectivity index is 0.00000288. The summed E-state index contributed by atoms with van der Waals surface area (Å²) in [5.41, 5.74) is 10.0. The van der Waals surface area contributed by atoms with E-state index in [1.807, 2.05) is 33.9 Å². The number of halogens is 1. The molecule has 2 rings (SSSR count). The van der Waals surface area contributed by atoms with E-state index in [1.165, 1.54) is 0 Å². The van der Waals surface area contributed by atoms with E-state index < -0.39 is 0 Å². The van der Waals surface area contributed by atoms with Crippen molar-refractivity contribution in [2.45, 2.75) is 47.1 Å². The van der Waals surface area contributed by atoms with Gasteiger partial charge in [-0.2, -0.15) is 0 Å². The molecule has 4 nitrogen and oxygen atoms in total. The lowest BCUT2D eigenvalue weighted by atomic mass is 10.0. The van der Waals surface area contributed by atoms with E-state index in [0.29, 0.717) is 18.2 Å². The Morgan fingerprint density at radius 2 is 1.79 bits per heavy atom. The summed E-state index contributed by atoms with van der Waals surface area (Å²) in [6.07, 6.45) is 0.789. The number of furan rings is 1. The first-order valence-electron chi connectivity index (χ1n) is 8.24. The Kier molecular flexibility index (Phi) is 6.87. The highest BCUT2D eigenvalue weighted by Crippen LogP contribution is 2.31. The van der Waals surface area contributed by atoms with Crippen LogP contribution in [-0.2, 0) is 0 Å². The SMILES string of the molecule is Cc1ccc(C)c2c(C)c(C(=O)N(C)CCC(N)C(C)C)oc12.Cl. The van der Waals surface area contributed by atoms with E-state index in [9.17, 15) is 4.79 Å². The molecule has 0 bridgehead atoms. The van der Waals surface area contributed by atoms with Gasteiger partial charge >= 0.3 is 0 Å². The van der Waals surface area contributed by atoms with Crippen LogP contribution in [0.1, 0.15) is 47.5 Å². The van der Waals surface area contributed by atoms with Gasteiger partial charge in [0, 0.05) is 30.6 Å². The van der Waals surface area contributed by atoms with Crippen molar-refractivity contribution >= 4 is 29.3 Å². The average Bonchev–Trinajstić information content (AvgIpc) is 2.86. The molecule has 2 N–H and O–H groups in total. The molecule has 5 heteroatoms. The standard InChI is InChI=1S/C19H28N2O2.ClH/c1-11(2)15(20)9-10-21(6)19(22)18-14(5)16-12(3)7-8-13(4)17(16)23-18;/h7-8,11,15H,9-10,20H2,1-6H3;1H. The average molecular weight is 353 g/mol. The first-order chi connectivity index (χ1) is 10.7. The van der Waals surface area contributed by atoms with Crippen LogP contribution in [0.25, 0.3) is 11.0 Å². The van der Waals surface area contributed by atoms with Crippen molar-refractivity contribution in [1.82, 2.24) is 4.90 Å². The number of rotatable bonds is 5. The Bertz CT molecular complexity index is 722. The molecule has 24 heavy (non-hydrogen) atoms. The molecule has 1 atom stereocenters. The fraction of sp³-hybridized carbons (Fsp3) is 0.526. The lowest BCUT2D eigenvalue weighted by Gasteiger charge is -2.21. The summed E-state index contributed by atoms with van der Waals surface area (Å²) in [7, 11) is 1.81. The number of hydrogen-bond acceptors (Lipinski definition) is 3. The molecule has 0 spiro atoms. The van der Waals surface area contributed by atoms with Crippen molar-refractivity contribution in [2.75, 3.05) is 13.6 Å². The number of carbonyl (C=O) groups excluding carboxylic acids is 1. The van der Waals surface area contributed by atoms with Crippen molar-refractivity contribution in [3.05, 3.63) is 34.6 Å². The molecule has 0 saturated carbocycles. The summed E-state index contributed by atoms with van der Waals surface area (Å²) in [5.74, 6) is 0.781. The predicted molar refractivity (Wildman–Crippen MR) is 102 cm³/mol. The summed E-state index contributed by atoms with van der Waals surface area (Å²) in [5, 5.41) is 1.06. The third kappa shape index (κ3) is 3.93. The van der Waals surface area contributed by atoms with Crippen molar-refractivity contribution in [3.63, 3.8) is 0 Å². The maximum atomic E-state index is 12.7. The van der Waals surface area contributed by atoms with E-state index >= 15 is 0 Å². The fourth-order valence-electron chi connectivity index (χ4n) is 2.83. The second-order valence-corrected chi connectivity index (χ2v) is 6.88. The van der Waals surface area contributed by atoms with Gasteiger partial charge in [0.15, 0.2) is 5.76 Å². The third-order valence-corrected chi connectivity index (χ3v) is 4.68. The highest BCUT2D eigenvalue weighted by Gasteiger charge is 2.23. The zero-order chi connectivity index (χ0) is 17.3. The molecule has 0 aliphatic heterocycles. The second-order valence-electron chi connectivity index (χ2n) is 6.88. The van der Waals surface area contributed by atoms with Crippen molar-refractivity contribution in [2.24, 2.45) is 11.7 Å².